The summed E-state index contributed by atoms with van der Waals surface area (Å²) in [5, 5.41) is 0. The largest absolute Gasteiger partial charge is 0.455 e. The Hall–Kier alpha value is -1.94. The van der Waals surface area contributed by atoms with Crippen molar-refractivity contribution in [3.05, 3.63) is 47.0 Å². The molecular formula is C18H22N2O2. The zero-order valence-corrected chi connectivity index (χ0v) is 13.4. The van der Waals surface area contributed by atoms with Crippen LogP contribution in [0.3, 0.4) is 0 Å². The first-order chi connectivity index (χ1) is 10.6. The lowest BCUT2D eigenvalue weighted by molar-refractivity contribution is 0.0840. The fourth-order valence-electron chi connectivity index (χ4n) is 2.75. The maximum atomic E-state index is 6.14. The van der Waals surface area contributed by atoms with E-state index in [4.69, 9.17) is 14.5 Å². The molecule has 4 nitrogen and oxygen atoms in total. The van der Waals surface area contributed by atoms with Crippen molar-refractivity contribution in [2.75, 3.05) is 13.2 Å². The molecule has 0 saturated carbocycles. The van der Waals surface area contributed by atoms with E-state index in [0.717, 1.165) is 60.2 Å². The molecule has 1 saturated heterocycles. The van der Waals surface area contributed by atoms with Gasteiger partial charge in [0.25, 0.3) is 0 Å². The van der Waals surface area contributed by atoms with Crippen LogP contribution in [0.5, 0.6) is 11.5 Å². The van der Waals surface area contributed by atoms with Crippen molar-refractivity contribution in [1.82, 2.24) is 9.97 Å². The van der Waals surface area contributed by atoms with Crippen LogP contribution in [0.4, 0.5) is 0 Å². The molecule has 0 spiro atoms. The number of pyridine rings is 2. The molecule has 2 aromatic rings. The third-order valence-electron chi connectivity index (χ3n) is 4.16. The molecule has 22 heavy (non-hydrogen) atoms. The summed E-state index contributed by atoms with van der Waals surface area (Å²) in [6.07, 6.45) is 3.77. The minimum Gasteiger partial charge on any atom is -0.455 e. The van der Waals surface area contributed by atoms with Crippen LogP contribution in [0.2, 0.25) is 0 Å². The third kappa shape index (κ3) is 3.28. The van der Waals surface area contributed by atoms with E-state index < -0.39 is 0 Å². The molecule has 116 valence electrons. The lowest BCUT2D eigenvalue weighted by atomic mass is 9.94. The fourth-order valence-corrected chi connectivity index (χ4v) is 2.75. The molecule has 0 aliphatic carbocycles. The summed E-state index contributed by atoms with van der Waals surface area (Å²) in [5.41, 5.74) is 4.22. The second-order valence-corrected chi connectivity index (χ2v) is 5.90. The number of nitrogens with zero attached hydrogens (tertiary/aromatic N) is 2. The van der Waals surface area contributed by atoms with Gasteiger partial charge in [0.05, 0.1) is 5.69 Å². The van der Waals surface area contributed by atoms with Crippen molar-refractivity contribution >= 4 is 0 Å². The van der Waals surface area contributed by atoms with Gasteiger partial charge < -0.3 is 9.47 Å². The topological polar surface area (TPSA) is 44.2 Å². The minimum absolute atomic E-state index is 0.408. The Kier molecular flexibility index (Phi) is 4.39. The number of aryl methyl sites for hydroxylation is 3. The van der Waals surface area contributed by atoms with Gasteiger partial charge >= 0.3 is 0 Å². The molecule has 1 aliphatic rings. The first kappa shape index (κ1) is 15.0. The van der Waals surface area contributed by atoms with E-state index in [0.29, 0.717) is 5.92 Å². The molecule has 0 atom stereocenters. The van der Waals surface area contributed by atoms with E-state index in [1.807, 2.05) is 19.1 Å². The van der Waals surface area contributed by atoms with Crippen molar-refractivity contribution in [3.8, 4) is 11.5 Å². The van der Waals surface area contributed by atoms with E-state index in [2.05, 4.69) is 24.9 Å². The highest BCUT2D eigenvalue weighted by molar-refractivity contribution is 5.40. The van der Waals surface area contributed by atoms with Crippen molar-refractivity contribution in [3.63, 3.8) is 0 Å². The van der Waals surface area contributed by atoms with Gasteiger partial charge in [0.2, 0.25) is 0 Å². The highest BCUT2D eigenvalue weighted by atomic mass is 16.5. The Balaban J connectivity index is 1.95. The first-order valence-electron chi connectivity index (χ1n) is 7.80. The molecule has 3 heterocycles. The lowest BCUT2D eigenvalue weighted by Gasteiger charge is -2.24. The van der Waals surface area contributed by atoms with Crippen LogP contribution in [0.1, 0.15) is 41.4 Å². The van der Waals surface area contributed by atoms with E-state index >= 15 is 0 Å². The van der Waals surface area contributed by atoms with Crippen LogP contribution in [0, 0.1) is 20.8 Å². The Bertz CT molecular complexity index is 664. The Morgan fingerprint density at radius 3 is 2.64 bits per heavy atom. The zero-order chi connectivity index (χ0) is 15.5. The van der Waals surface area contributed by atoms with E-state index in [1.54, 1.807) is 6.20 Å². The van der Waals surface area contributed by atoms with Gasteiger partial charge in [0, 0.05) is 42.8 Å². The van der Waals surface area contributed by atoms with E-state index in [9.17, 15) is 0 Å². The lowest BCUT2D eigenvalue weighted by Crippen LogP contribution is -2.16. The number of aromatic nitrogens is 2. The molecule has 1 fully saturated rings. The smallest absolute Gasteiger partial charge is 0.149 e. The van der Waals surface area contributed by atoms with Gasteiger partial charge in [-0.25, -0.2) is 0 Å². The number of ether oxygens (including phenoxy) is 2. The van der Waals surface area contributed by atoms with Crippen LogP contribution in [0.15, 0.2) is 24.4 Å². The molecule has 0 radical (unpaired) electrons. The molecule has 2 aromatic heterocycles. The normalized spacial score (nSPS) is 15.8. The van der Waals surface area contributed by atoms with Gasteiger partial charge in [-0.1, -0.05) is 0 Å². The molecule has 1 aliphatic heterocycles. The summed E-state index contributed by atoms with van der Waals surface area (Å²) in [7, 11) is 0. The number of hydrogen-bond donors (Lipinski definition) is 0. The molecule has 3 rings (SSSR count). The molecule has 0 amide bonds. The second kappa shape index (κ2) is 6.44. The monoisotopic (exact) mass is 298 g/mol. The third-order valence-corrected chi connectivity index (χ3v) is 4.16. The highest BCUT2D eigenvalue weighted by Gasteiger charge is 2.22. The first-order valence-corrected chi connectivity index (χ1v) is 7.80. The van der Waals surface area contributed by atoms with Crippen LogP contribution >= 0.6 is 0 Å². The SMILES string of the molecule is Cc1cc(Oc2cc(C)c(C)nc2C2CCOCC2)ccn1. The van der Waals surface area contributed by atoms with E-state index in [1.165, 1.54) is 0 Å². The number of rotatable bonds is 3. The van der Waals surface area contributed by atoms with Crippen molar-refractivity contribution < 1.29 is 9.47 Å². The molecule has 0 aromatic carbocycles. The van der Waals surface area contributed by atoms with Gasteiger partial charge in [-0.3, -0.25) is 9.97 Å². The number of hydrogen-bond acceptors (Lipinski definition) is 4. The average Bonchev–Trinajstić information content (AvgIpc) is 2.51. The van der Waals surface area contributed by atoms with Gasteiger partial charge in [-0.15, -0.1) is 0 Å². The molecule has 0 unspecified atom stereocenters. The Morgan fingerprint density at radius 2 is 1.91 bits per heavy atom. The standard InChI is InChI=1S/C18H22N2O2/c1-12-10-17(22-16-4-7-19-13(2)11-16)18(20-14(12)3)15-5-8-21-9-6-15/h4,7,10-11,15H,5-6,8-9H2,1-3H3. The molecule has 0 bridgehead atoms. The van der Waals surface area contributed by atoms with Crippen LogP contribution in [0.25, 0.3) is 0 Å². The van der Waals surface area contributed by atoms with Gasteiger partial charge in [-0.2, -0.15) is 0 Å². The Morgan fingerprint density at radius 1 is 1.14 bits per heavy atom. The fraction of sp³-hybridized carbons (Fsp3) is 0.444. The summed E-state index contributed by atoms with van der Waals surface area (Å²) in [4.78, 5) is 9.03. The van der Waals surface area contributed by atoms with Crippen molar-refractivity contribution in [2.24, 2.45) is 0 Å². The van der Waals surface area contributed by atoms with Gasteiger partial charge in [0.15, 0.2) is 0 Å². The summed E-state index contributed by atoms with van der Waals surface area (Å²) >= 11 is 0. The summed E-state index contributed by atoms with van der Waals surface area (Å²) in [6.45, 7) is 7.68. The van der Waals surface area contributed by atoms with Crippen LogP contribution in [-0.2, 0) is 4.74 Å². The Labute approximate surface area is 131 Å². The molecule has 4 heteroatoms. The van der Waals surface area contributed by atoms with Crippen molar-refractivity contribution in [2.45, 2.75) is 39.5 Å². The van der Waals surface area contributed by atoms with Gasteiger partial charge in [-0.05, 0) is 51.3 Å². The molecule has 0 N–H and O–H groups in total. The summed E-state index contributed by atoms with van der Waals surface area (Å²) in [6, 6.07) is 5.93. The quantitative estimate of drug-likeness (QED) is 0.856. The van der Waals surface area contributed by atoms with Gasteiger partial charge in [0.1, 0.15) is 11.5 Å². The van der Waals surface area contributed by atoms with Crippen LogP contribution in [-0.4, -0.2) is 23.2 Å². The maximum absolute atomic E-state index is 6.14. The predicted molar refractivity (Wildman–Crippen MR) is 85.6 cm³/mol. The van der Waals surface area contributed by atoms with Crippen molar-refractivity contribution in [1.29, 1.82) is 0 Å². The average molecular weight is 298 g/mol. The predicted octanol–water partition coefficient (Wildman–Crippen LogP) is 4.09. The minimum atomic E-state index is 0.408. The highest BCUT2D eigenvalue weighted by Crippen LogP contribution is 2.35. The van der Waals surface area contributed by atoms with Crippen LogP contribution < -0.4 is 4.74 Å². The van der Waals surface area contributed by atoms with E-state index in [-0.39, 0.29) is 0 Å². The molecular weight excluding hydrogens is 276 g/mol. The maximum Gasteiger partial charge on any atom is 0.149 e. The summed E-state index contributed by atoms with van der Waals surface area (Å²) in [5.74, 6) is 2.08. The summed E-state index contributed by atoms with van der Waals surface area (Å²) < 4.78 is 11.6. The zero-order valence-electron chi connectivity index (χ0n) is 13.4. The second-order valence-electron chi connectivity index (χ2n) is 5.90.